The van der Waals surface area contributed by atoms with Crippen molar-refractivity contribution in [2.24, 2.45) is 0 Å². The van der Waals surface area contributed by atoms with Gasteiger partial charge in [-0.15, -0.1) is 0 Å². The summed E-state index contributed by atoms with van der Waals surface area (Å²) in [5, 5.41) is 3.35. The standard InChI is InChI=1S/C32H40ClN3O6S/c1-6-23(4)34-32(38)30(7-2)35(21-24-9-15-27(41-5)16-10-24)31(37)22-36(26-13-17-28(18-14-26)42-8-3)43(39,40)29-19-11-25(33)12-20-29/h9-20,23,30H,6-8,21-22H2,1-5H3,(H,34,38)/t23-,30+/m1/s1. The van der Waals surface area contributed by atoms with Crippen LogP contribution in [0.4, 0.5) is 5.69 Å². The smallest absolute Gasteiger partial charge is 0.264 e. The Labute approximate surface area is 259 Å². The number of methoxy groups -OCH3 is 1. The van der Waals surface area contributed by atoms with Gasteiger partial charge in [-0.2, -0.15) is 0 Å². The van der Waals surface area contributed by atoms with Gasteiger partial charge in [-0.1, -0.05) is 37.6 Å². The van der Waals surface area contributed by atoms with Crippen molar-refractivity contribution in [1.29, 1.82) is 0 Å². The number of hydrogen-bond acceptors (Lipinski definition) is 6. The van der Waals surface area contributed by atoms with Crippen LogP contribution in [0.1, 0.15) is 46.1 Å². The first-order valence-corrected chi connectivity index (χ1v) is 16.1. The number of halogens is 1. The summed E-state index contributed by atoms with van der Waals surface area (Å²) in [5.41, 5.74) is 1.03. The Morgan fingerprint density at radius 2 is 1.49 bits per heavy atom. The van der Waals surface area contributed by atoms with Gasteiger partial charge in [0.2, 0.25) is 11.8 Å². The number of nitrogens with zero attached hydrogens (tertiary/aromatic N) is 2. The molecular formula is C32H40ClN3O6S. The van der Waals surface area contributed by atoms with E-state index in [-0.39, 0.29) is 29.1 Å². The molecule has 11 heteroatoms. The Morgan fingerprint density at radius 1 is 0.884 bits per heavy atom. The number of anilines is 1. The lowest BCUT2D eigenvalue weighted by atomic mass is 10.1. The summed E-state index contributed by atoms with van der Waals surface area (Å²) in [6.07, 6.45) is 1.05. The Morgan fingerprint density at radius 3 is 2.02 bits per heavy atom. The zero-order valence-corrected chi connectivity index (χ0v) is 26.8. The number of benzene rings is 3. The molecular weight excluding hydrogens is 590 g/mol. The topological polar surface area (TPSA) is 105 Å². The normalized spacial score (nSPS) is 12.6. The largest absolute Gasteiger partial charge is 0.497 e. The third-order valence-corrected chi connectivity index (χ3v) is 9.06. The highest BCUT2D eigenvalue weighted by atomic mass is 35.5. The maximum atomic E-state index is 14.2. The molecule has 2 atom stereocenters. The fourth-order valence-corrected chi connectivity index (χ4v) is 5.97. The Hall–Kier alpha value is -3.76. The van der Waals surface area contributed by atoms with Gasteiger partial charge in [-0.3, -0.25) is 13.9 Å². The molecule has 9 nitrogen and oxygen atoms in total. The predicted molar refractivity (Wildman–Crippen MR) is 169 cm³/mol. The Kier molecular flexibility index (Phi) is 12.3. The van der Waals surface area contributed by atoms with Crippen LogP contribution in [0.3, 0.4) is 0 Å². The van der Waals surface area contributed by atoms with Gasteiger partial charge in [0.15, 0.2) is 0 Å². The number of hydrogen-bond donors (Lipinski definition) is 1. The highest BCUT2D eigenvalue weighted by Crippen LogP contribution is 2.28. The first-order valence-electron chi connectivity index (χ1n) is 14.3. The zero-order chi connectivity index (χ0) is 31.6. The fraction of sp³-hybridized carbons (Fsp3) is 0.375. The molecule has 0 radical (unpaired) electrons. The maximum absolute atomic E-state index is 14.2. The number of amides is 2. The minimum absolute atomic E-state index is 0.0261. The van der Waals surface area contributed by atoms with Crippen molar-refractivity contribution in [3.05, 3.63) is 83.4 Å². The summed E-state index contributed by atoms with van der Waals surface area (Å²) in [6.45, 7) is 7.53. The van der Waals surface area contributed by atoms with Crippen molar-refractivity contribution in [1.82, 2.24) is 10.2 Å². The minimum Gasteiger partial charge on any atom is -0.497 e. The van der Waals surface area contributed by atoms with Crippen LogP contribution in [0.2, 0.25) is 5.02 Å². The van der Waals surface area contributed by atoms with Gasteiger partial charge in [0.1, 0.15) is 24.1 Å². The second-order valence-corrected chi connectivity index (χ2v) is 12.3. The lowest BCUT2D eigenvalue weighted by Crippen LogP contribution is -2.53. The molecule has 2 amide bonds. The van der Waals surface area contributed by atoms with E-state index in [1.54, 1.807) is 43.5 Å². The third-order valence-electron chi connectivity index (χ3n) is 7.02. The first kappa shape index (κ1) is 33.7. The molecule has 232 valence electrons. The summed E-state index contributed by atoms with van der Waals surface area (Å²) < 4.78 is 39.8. The van der Waals surface area contributed by atoms with Crippen molar-refractivity contribution >= 4 is 39.1 Å². The van der Waals surface area contributed by atoms with E-state index in [0.29, 0.717) is 29.5 Å². The first-order chi connectivity index (χ1) is 20.5. The summed E-state index contributed by atoms with van der Waals surface area (Å²) in [5.74, 6) is 0.384. The van der Waals surface area contributed by atoms with Crippen LogP contribution in [0.25, 0.3) is 0 Å². The molecule has 43 heavy (non-hydrogen) atoms. The van der Waals surface area contributed by atoms with Crippen molar-refractivity contribution in [2.75, 3.05) is 24.6 Å². The lowest BCUT2D eigenvalue weighted by molar-refractivity contribution is -0.140. The van der Waals surface area contributed by atoms with Gasteiger partial charge >= 0.3 is 0 Å². The van der Waals surface area contributed by atoms with E-state index in [9.17, 15) is 18.0 Å². The molecule has 3 rings (SSSR count). The van der Waals surface area contributed by atoms with Gasteiger partial charge in [0.25, 0.3) is 10.0 Å². The van der Waals surface area contributed by atoms with Gasteiger partial charge in [0, 0.05) is 17.6 Å². The van der Waals surface area contributed by atoms with E-state index in [1.165, 1.54) is 29.2 Å². The molecule has 0 aliphatic heterocycles. The van der Waals surface area contributed by atoms with Gasteiger partial charge < -0.3 is 19.7 Å². The molecule has 0 aliphatic rings. The van der Waals surface area contributed by atoms with E-state index >= 15 is 0 Å². The molecule has 3 aromatic carbocycles. The molecule has 0 aliphatic carbocycles. The van der Waals surface area contributed by atoms with Crippen LogP contribution < -0.4 is 19.1 Å². The summed E-state index contributed by atoms with van der Waals surface area (Å²) >= 11 is 6.03. The third kappa shape index (κ3) is 8.87. The van der Waals surface area contributed by atoms with E-state index in [0.717, 1.165) is 16.3 Å². The zero-order valence-electron chi connectivity index (χ0n) is 25.2. The van der Waals surface area contributed by atoms with Gasteiger partial charge in [0.05, 0.1) is 24.3 Å². The van der Waals surface area contributed by atoms with Crippen LogP contribution in [0.5, 0.6) is 11.5 Å². The molecule has 0 spiro atoms. The Bertz CT molecular complexity index is 1450. The van der Waals surface area contributed by atoms with Crippen LogP contribution in [-0.2, 0) is 26.2 Å². The summed E-state index contributed by atoms with van der Waals surface area (Å²) in [6, 6.07) is 18.5. The number of ether oxygens (including phenoxy) is 2. The van der Waals surface area contributed by atoms with Crippen molar-refractivity contribution in [3.8, 4) is 11.5 Å². The SMILES string of the molecule is CCOc1ccc(N(CC(=O)N(Cc2ccc(OC)cc2)[C@@H](CC)C(=O)N[C@H](C)CC)S(=O)(=O)c2ccc(Cl)cc2)cc1. The summed E-state index contributed by atoms with van der Waals surface area (Å²) in [7, 11) is -2.65. The van der Waals surface area contributed by atoms with Crippen molar-refractivity contribution in [2.45, 2.75) is 64.1 Å². The number of rotatable bonds is 15. The van der Waals surface area contributed by atoms with Crippen LogP contribution in [-0.4, -0.2) is 57.5 Å². The number of nitrogens with one attached hydrogen (secondary N) is 1. The lowest BCUT2D eigenvalue weighted by Gasteiger charge is -2.33. The second kappa shape index (κ2) is 15.6. The molecule has 1 N–H and O–H groups in total. The van der Waals surface area contributed by atoms with Crippen LogP contribution >= 0.6 is 11.6 Å². The van der Waals surface area contributed by atoms with Gasteiger partial charge in [-0.05, 0) is 92.9 Å². The van der Waals surface area contributed by atoms with E-state index in [2.05, 4.69) is 5.32 Å². The van der Waals surface area contributed by atoms with Crippen molar-refractivity contribution in [3.63, 3.8) is 0 Å². The molecule has 0 saturated carbocycles. The minimum atomic E-state index is -4.21. The molecule has 0 heterocycles. The number of carbonyl (C=O) groups is 2. The quantitative estimate of drug-likeness (QED) is 0.232. The number of sulfonamides is 1. The maximum Gasteiger partial charge on any atom is 0.264 e. The van der Waals surface area contributed by atoms with Crippen molar-refractivity contribution < 1.29 is 27.5 Å². The predicted octanol–water partition coefficient (Wildman–Crippen LogP) is 5.66. The molecule has 0 fully saturated rings. The average molecular weight is 630 g/mol. The molecule has 0 aromatic heterocycles. The van der Waals surface area contributed by atoms with Crippen LogP contribution in [0, 0.1) is 0 Å². The monoisotopic (exact) mass is 629 g/mol. The van der Waals surface area contributed by atoms with Crippen LogP contribution in [0.15, 0.2) is 77.7 Å². The van der Waals surface area contributed by atoms with E-state index in [1.807, 2.05) is 39.8 Å². The molecule has 3 aromatic rings. The summed E-state index contributed by atoms with van der Waals surface area (Å²) in [4.78, 5) is 29.0. The second-order valence-electron chi connectivity index (χ2n) is 10.0. The van der Waals surface area contributed by atoms with E-state index < -0.39 is 28.5 Å². The highest BCUT2D eigenvalue weighted by Gasteiger charge is 2.34. The average Bonchev–Trinajstić information content (AvgIpc) is 3.00. The molecule has 0 bridgehead atoms. The Balaban J connectivity index is 2.06. The molecule has 0 saturated heterocycles. The molecule has 0 unspecified atom stereocenters. The van der Waals surface area contributed by atoms with Gasteiger partial charge in [-0.25, -0.2) is 8.42 Å². The number of carbonyl (C=O) groups excluding carboxylic acids is 2. The highest BCUT2D eigenvalue weighted by molar-refractivity contribution is 7.92. The van der Waals surface area contributed by atoms with E-state index in [4.69, 9.17) is 21.1 Å². The fourth-order valence-electron chi connectivity index (χ4n) is 4.43.